The van der Waals surface area contributed by atoms with Gasteiger partial charge in [-0.25, -0.2) is 0 Å². The van der Waals surface area contributed by atoms with Gasteiger partial charge in [0, 0.05) is 10.0 Å². The van der Waals surface area contributed by atoms with E-state index in [4.69, 9.17) is 0 Å². The van der Waals surface area contributed by atoms with Crippen LogP contribution in [0.3, 0.4) is 0 Å². The highest BCUT2D eigenvalue weighted by atomic mass is 79.9. The standard InChI is InChI=1S/C11H13BrN2O3/c1-17-10(15)6-13-7-14-11(16)8-2-4-9(12)5-3-8/h2-5,13H,6-7H2,1H3,(H,14,16). The lowest BCUT2D eigenvalue weighted by molar-refractivity contribution is -0.139. The molecule has 0 spiro atoms. The van der Waals surface area contributed by atoms with Gasteiger partial charge in [-0.3, -0.25) is 14.9 Å². The number of methoxy groups -OCH3 is 1. The molecule has 6 heteroatoms. The summed E-state index contributed by atoms with van der Waals surface area (Å²) >= 11 is 3.29. The van der Waals surface area contributed by atoms with Gasteiger partial charge in [-0.2, -0.15) is 0 Å². The lowest BCUT2D eigenvalue weighted by atomic mass is 10.2. The molecular weight excluding hydrogens is 288 g/mol. The molecule has 17 heavy (non-hydrogen) atoms. The van der Waals surface area contributed by atoms with Crippen molar-refractivity contribution in [2.75, 3.05) is 20.3 Å². The molecule has 5 nitrogen and oxygen atoms in total. The van der Waals surface area contributed by atoms with E-state index < -0.39 is 0 Å². The van der Waals surface area contributed by atoms with Crippen molar-refractivity contribution < 1.29 is 14.3 Å². The molecule has 0 aromatic heterocycles. The zero-order chi connectivity index (χ0) is 12.7. The highest BCUT2D eigenvalue weighted by molar-refractivity contribution is 9.10. The van der Waals surface area contributed by atoms with Crippen LogP contribution in [0.5, 0.6) is 0 Å². The Balaban J connectivity index is 2.30. The Labute approximate surface area is 108 Å². The second kappa shape index (κ2) is 7.03. The highest BCUT2D eigenvalue weighted by Gasteiger charge is 2.04. The Morgan fingerprint density at radius 3 is 2.53 bits per heavy atom. The van der Waals surface area contributed by atoms with Crippen LogP contribution in [0, 0.1) is 0 Å². The van der Waals surface area contributed by atoms with Gasteiger partial charge in [0.2, 0.25) is 0 Å². The predicted octanol–water partition coefficient (Wildman–Crippen LogP) is 0.899. The molecular formula is C11H13BrN2O3. The number of carbonyl (C=O) groups excluding carboxylic acids is 2. The van der Waals surface area contributed by atoms with E-state index in [0.29, 0.717) is 5.56 Å². The molecule has 0 radical (unpaired) electrons. The van der Waals surface area contributed by atoms with Crippen molar-refractivity contribution >= 4 is 27.8 Å². The lowest BCUT2D eigenvalue weighted by Gasteiger charge is -2.06. The van der Waals surface area contributed by atoms with Gasteiger partial charge in [-0.15, -0.1) is 0 Å². The monoisotopic (exact) mass is 300 g/mol. The fourth-order valence-corrected chi connectivity index (χ4v) is 1.35. The van der Waals surface area contributed by atoms with Gasteiger partial charge in [0.15, 0.2) is 0 Å². The van der Waals surface area contributed by atoms with Gasteiger partial charge in [-0.1, -0.05) is 15.9 Å². The van der Waals surface area contributed by atoms with E-state index in [1.807, 2.05) is 0 Å². The number of carbonyl (C=O) groups is 2. The Kier molecular flexibility index (Phi) is 5.65. The van der Waals surface area contributed by atoms with Gasteiger partial charge in [0.05, 0.1) is 20.3 Å². The first-order valence-electron chi connectivity index (χ1n) is 4.95. The number of benzene rings is 1. The quantitative estimate of drug-likeness (QED) is 0.482. The molecule has 0 aliphatic heterocycles. The van der Waals surface area contributed by atoms with Crippen molar-refractivity contribution in [2.45, 2.75) is 0 Å². The molecule has 1 aromatic rings. The van der Waals surface area contributed by atoms with Crippen molar-refractivity contribution in [3.63, 3.8) is 0 Å². The first-order valence-corrected chi connectivity index (χ1v) is 5.74. The summed E-state index contributed by atoms with van der Waals surface area (Å²) in [6.07, 6.45) is 0. The fraction of sp³-hybridized carbons (Fsp3) is 0.273. The number of ether oxygens (including phenoxy) is 1. The molecule has 0 aliphatic rings. The molecule has 0 fully saturated rings. The largest absolute Gasteiger partial charge is 0.468 e. The van der Waals surface area contributed by atoms with Gasteiger partial charge in [-0.05, 0) is 24.3 Å². The van der Waals surface area contributed by atoms with Crippen LogP contribution in [-0.4, -0.2) is 32.2 Å². The highest BCUT2D eigenvalue weighted by Crippen LogP contribution is 2.10. The minimum Gasteiger partial charge on any atom is -0.468 e. The van der Waals surface area contributed by atoms with E-state index >= 15 is 0 Å². The van der Waals surface area contributed by atoms with Crippen LogP contribution >= 0.6 is 15.9 Å². The first kappa shape index (κ1) is 13.7. The third kappa shape index (κ3) is 4.97. The molecule has 1 aromatic carbocycles. The van der Waals surface area contributed by atoms with E-state index in [1.54, 1.807) is 24.3 Å². The zero-order valence-electron chi connectivity index (χ0n) is 9.33. The number of hydrogen-bond acceptors (Lipinski definition) is 4. The van der Waals surface area contributed by atoms with Gasteiger partial charge >= 0.3 is 5.97 Å². The molecule has 0 saturated heterocycles. The smallest absolute Gasteiger partial charge is 0.319 e. The number of amides is 1. The van der Waals surface area contributed by atoms with Gasteiger partial charge in [0.25, 0.3) is 5.91 Å². The van der Waals surface area contributed by atoms with E-state index in [9.17, 15) is 9.59 Å². The maximum atomic E-state index is 11.6. The predicted molar refractivity (Wildman–Crippen MR) is 66.5 cm³/mol. The molecule has 0 bridgehead atoms. The number of esters is 1. The van der Waals surface area contributed by atoms with E-state index in [2.05, 4.69) is 31.3 Å². The number of nitrogens with one attached hydrogen (secondary N) is 2. The summed E-state index contributed by atoms with van der Waals surface area (Å²) in [7, 11) is 1.31. The van der Waals surface area contributed by atoms with Crippen molar-refractivity contribution in [1.82, 2.24) is 10.6 Å². The third-order valence-corrected chi connectivity index (χ3v) is 2.51. The van der Waals surface area contributed by atoms with Crippen LogP contribution in [0.15, 0.2) is 28.7 Å². The maximum absolute atomic E-state index is 11.6. The van der Waals surface area contributed by atoms with Crippen LogP contribution in [0.2, 0.25) is 0 Å². The summed E-state index contributed by atoms with van der Waals surface area (Å²) in [4.78, 5) is 22.3. The Bertz CT molecular complexity index is 392. The van der Waals surface area contributed by atoms with Crippen molar-refractivity contribution in [2.24, 2.45) is 0 Å². The lowest BCUT2D eigenvalue weighted by Crippen LogP contribution is -2.36. The molecule has 92 valence electrons. The number of halogens is 1. The Hall–Kier alpha value is -1.40. The molecule has 1 amide bonds. The van der Waals surface area contributed by atoms with E-state index in [1.165, 1.54) is 7.11 Å². The van der Waals surface area contributed by atoms with Gasteiger partial charge < -0.3 is 10.1 Å². The summed E-state index contributed by atoms with van der Waals surface area (Å²) < 4.78 is 5.35. The van der Waals surface area contributed by atoms with Crippen LogP contribution in [0.1, 0.15) is 10.4 Å². The fourth-order valence-electron chi connectivity index (χ4n) is 1.08. The van der Waals surface area contributed by atoms with Crippen LogP contribution in [0.4, 0.5) is 0 Å². The molecule has 0 atom stereocenters. The summed E-state index contributed by atoms with van der Waals surface area (Å²) in [5, 5.41) is 5.36. The molecule has 2 N–H and O–H groups in total. The molecule has 0 unspecified atom stereocenters. The number of hydrogen-bond donors (Lipinski definition) is 2. The van der Waals surface area contributed by atoms with Crippen molar-refractivity contribution in [3.8, 4) is 0 Å². The van der Waals surface area contributed by atoms with E-state index in [0.717, 1.165) is 4.47 Å². The normalized spacial score (nSPS) is 9.76. The molecule has 0 saturated carbocycles. The van der Waals surface area contributed by atoms with Crippen molar-refractivity contribution in [3.05, 3.63) is 34.3 Å². The minimum atomic E-state index is -0.372. The summed E-state index contributed by atoms with van der Waals surface area (Å²) in [6.45, 7) is 0.279. The Morgan fingerprint density at radius 2 is 1.94 bits per heavy atom. The van der Waals surface area contributed by atoms with E-state index in [-0.39, 0.29) is 25.1 Å². The number of rotatable bonds is 5. The zero-order valence-corrected chi connectivity index (χ0v) is 10.9. The minimum absolute atomic E-state index is 0.0666. The van der Waals surface area contributed by atoms with Crippen LogP contribution < -0.4 is 10.6 Å². The second-order valence-corrected chi connectivity index (χ2v) is 4.11. The average Bonchev–Trinajstić information content (AvgIpc) is 2.34. The van der Waals surface area contributed by atoms with Crippen molar-refractivity contribution in [1.29, 1.82) is 0 Å². The topological polar surface area (TPSA) is 67.4 Å². The third-order valence-electron chi connectivity index (χ3n) is 1.98. The summed E-state index contributed by atoms with van der Waals surface area (Å²) in [6, 6.07) is 6.99. The average molecular weight is 301 g/mol. The van der Waals surface area contributed by atoms with Crippen LogP contribution in [-0.2, 0) is 9.53 Å². The van der Waals surface area contributed by atoms with Crippen LogP contribution in [0.25, 0.3) is 0 Å². The molecule has 0 aliphatic carbocycles. The summed E-state index contributed by atoms with van der Waals surface area (Å²) in [5.74, 6) is -0.572. The maximum Gasteiger partial charge on any atom is 0.319 e. The SMILES string of the molecule is COC(=O)CNCNC(=O)c1ccc(Br)cc1. The Morgan fingerprint density at radius 1 is 1.29 bits per heavy atom. The summed E-state index contributed by atoms with van der Waals surface area (Å²) in [5.41, 5.74) is 0.563. The molecule has 1 rings (SSSR count). The first-order chi connectivity index (χ1) is 8.13. The van der Waals surface area contributed by atoms with Gasteiger partial charge in [0.1, 0.15) is 0 Å². The second-order valence-electron chi connectivity index (χ2n) is 3.19. The molecule has 0 heterocycles.